The summed E-state index contributed by atoms with van der Waals surface area (Å²) in [5, 5.41) is 8.69. The van der Waals surface area contributed by atoms with Gasteiger partial charge in [-0.1, -0.05) is 17.9 Å². The van der Waals surface area contributed by atoms with Crippen molar-refractivity contribution in [3.05, 3.63) is 35.1 Å². The molecule has 1 saturated heterocycles. The zero-order valence-electron chi connectivity index (χ0n) is 11.1. The molecule has 6 nitrogen and oxygen atoms in total. The lowest BCUT2D eigenvalue weighted by molar-refractivity contribution is -0.143. The van der Waals surface area contributed by atoms with E-state index in [4.69, 9.17) is 5.11 Å². The first-order valence-electron chi connectivity index (χ1n) is 5.97. The number of rotatable bonds is 2. The number of carbonyl (C=O) groups is 3. The third-order valence-corrected chi connectivity index (χ3v) is 2.95. The highest BCUT2D eigenvalue weighted by molar-refractivity contribution is 6.44. The third kappa shape index (κ3) is 2.75. The molecule has 1 aromatic carbocycles. The van der Waals surface area contributed by atoms with Crippen LogP contribution < -0.4 is 0 Å². The number of nitrogens with zero attached hydrogens (tertiary/aromatic N) is 2. The van der Waals surface area contributed by atoms with Crippen molar-refractivity contribution in [1.29, 1.82) is 0 Å². The van der Waals surface area contributed by atoms with Crippen molar-refractivity contribution < 1.29 is 23.9 Å². The van der Waals surface area contributed by atoms with Crippen LogP contribution in [-0.4, -0.2) is 46.4 Å². The number of carbonyl (C=O) groups excluding carboxylic acids is 3. The minimum atomic E-state index is -0.937. The lowest BCUT2D eigenvalue weighted by Gasteiger charge is -2.14. The molecule has 0 spiro atoms. The summed E-state index contributed by atoms with van der Waals surface area (Å²) in [6.07, 6.45) is 0. The second kappa shape index (κ2) is 5.73. The van der Waals surface area contributed by atoms with Gasteiger partial charge in [-0.15, -0.1) is 0 Å². The standard InChI is InChI=1S/C14H11FN2O4/c1-16-12(19)13(20)17(14(16)21)8-10-4-5-11(15)7-9(10)3-2-6-18/h4-5,7,18H,6,8H2,1H3. The summed E-state index contributed by atoms with van der Waals surface area (Å²) in [7, 11) is 1.21. The molecule has 1 N–H and O–H groups in total. The van der Waals surface area contributed by atoms with Gasteiger partial charge in [0.05, 0.1) is 6.54 Å². The number of aliphatic hydroxyl groups is 1. The van der Waals surface area contributed by atoms with Crippen molar-refractivity contribution in [3.8, 4) is 11.8 Å². The van der Waals surface area contributed by atoms with Gasteiger partial charge < -0.3 is 5.11 Å². The molecule has 1 heterocycles. The fraction of sp³-hybridized carbons (Fsp3) is 0.214. The predicted molar refractivity (Wildman–Crippen MR) is 69.1 cm³/mol. The molecule has 4 amide bonds. The number of hydrogen-bond donors (Lipinski definition) is 1. The van der Waals surface area contributed by atoms with E-state index in [0.717, 1.165) is 17.0 Å². The fourth-order valence-electron chi connectivity index (χ4n) is 1.86. The molecule has 1 aliphatic heterocycles. The van der Waals surface area contributed by atoms with Gasteiger partial charge in [-0.05, 0) is 17.7 Å². The van der Waals surface area contributed by atoms with Gasteiger partial charge in [-0.25, -0.2) is 9.18 Å². The molecule has 2 rings (SSSR count). The molecule has 1 aliphatic rings. The predicted octanol–water partition coefficient (Wildman–Crippen LogP) is 0.0901. The average molecular weight is 290 g/mol. The molecule has 7 heteroatoms. The number of aliphatic hydroxyl groups excluding tert-OH is 1. The van der Waals surface area contributed by atoms with E-state index in [2.05, 4.69) is 11.8 Å². The molecule has 0 aromatic heterocycles. The molecule has 0 atom stereocenters. The van der Waals surface area contributed by atoms with E-state index in [1.165, 1.54) is 13.1 Å². The Balaban J connectivity index is 2.34. The Labute approximate surface area is 119 Å². The summed E-state index contributed by atoms with van der Waals surface area (Å²) in [5.41, 5.74) is 0.647. The number of urea groups is 1. The molecule has 108 valence electrons. The van der Waals surface area contributed by atoms with E-state index >= 15 is 0 Å². The van der Waals surface area contributed by atoms with Crippen LogP contribution in [0.15, 0.2) is 18.2 Å². The van der Waals surface area contributed by atoms with Gasteiger partial charge in [0.25, 0.3) is 0 Å². The van der Waals surface area contributed by atoms with E-state index in [-0.39, 0.29) is 12.1 Å². The molecular formula is C14H11FN2O4. The first-order valence-corrected chi connectivity index (χ1v) is 5.97. The van der Waals surface area contributed by atoms with E-state index in [0.29, 0.717) is 10.5 Å². The van der Waals surface area contributed by atoms with Gasteiger partial charge in [0.1, 0.15) is 12.4 Å². The van der Waals surface area contributed by atoms with Gasteiger partial charge in [-0.3, -0.25) is 19.4 Å². The van der Waals surface area contributed by atoms with Crippen LogP contribution in [0.1, 0.15) is 11.1 Å². The van der Waals surface area contributed by atoms with Crippen LogP contribution in [0.5, 0.6) is 0 Å². The Bertz CT molecular complexity index is 690. The van der Waals surface area contributed by atoms with E-state index in [1.807, 2.05) is 0 Å². The van der Waals surface area contributed by atoms with Gasteiger partial charge in [0, 0.05) is 12.6 Å². The van der Waals surface area contributed by atoms with Crippen LogP contribution in [0, 0.1) is 17.7 Å². The lowest BCUT2D eigenvalue weighted by Crippen LogP contribution is -2.31. The van der Waals surface area contributed by atoms with Crippen molar-refractivity contribution >= 4 is 17.8 Å². The molecule has 1 fully saturated rings. The fourth-order valence-corrected chi connectivity index (χ4v) is 1.86. The summed E-state index contributed by atoms with van der Waals surface area (Å²) >= 11 is 0. The minimum absolute atomic E-state index is 0.191. The summed E-state index contributed by atoms with van der Waals surface area (Å²) in [4.78, 5) is 36.4. The van der Waals surface area contributed by atoms with Crippen molar-refractivity contribution in [3.63, 3.8) is 0 Å². The van der Waals surface area contributed by atoms with E-state index in [9.17, 15) is 18.8 Å². The number of hydrogen-bond acceptors (Lipinski definition) is 4. The van der Waals surface area contributed by atoms with Crippen LogP contribution in [0.3, 0.4) is 0 Å². The van der Waals surface area contributed by atoms with Gasteiger partial charge >= 0.3 is 17.8 Å². The Morgan fingerprint density at radius 1 is 1.24 bits per heavy atom. The first-order chi connectivity index (χ1) is 9.95. The zero-order chi connectivity index (χ0) is 15.6. The summed E-state index contributed by atoms with van der Waals surface area (Å²) in [5.74, 6) is 2.53. The van der Waals surface area contributed by atoms with Crippen molar-refractivity contribution in [2.75, 3.05) is 13.7 Å². The Hall–Kier alpha value is -2.72. The number of likely N-dealkylation sites (N-methyl/N-ethyl adjacent to an activating group) is 1. The highest BCUT2D eigenvalue weighted by atomic mass is 19.1. The first kappa shape index (κ1) is 14.7. The van der Waals surface area contributed by atoms with Crippen LogP contribution >= 0.6 is 0 Å². The number of halogens is 1. The molecule has 0 radical (unpaired) electrons. The van der Waals surface area contributed by atoms with Gasteiger partial charge in [0.2, 0.25) is 0 Å². The van der Waals surface area contributed by atoms with Crippen molar-refractivity contribution in [2.45, 2.75) is 6.54 Å². The molecule has 21 heavy (non-hydrogen) atoms. The zero-order valence-corrected chi connectivity index (χ0v) is 11.1. The molecular weight excluding hydrogens is 279 g/mol. The molecule has 0 bridgehead atoms. The van der Waals surface area contributed by atoms with E-state index in [1.54, 1.807) is 0 Å². The highest BCUT2D eigenvalue weighted by Crippen LogP contribution is 2.17. The topological polar surface area (TPSA) is 77.9 Å². The van der Waals surface area contributed by atoms with Crippen LogP contribution in [0.2, 0.25) is 0 Å². The summed E-state index contributed by atoms with van der Waals surface area (Å²) in [6.45, 7) is -0.595. The monoisotopic (exact) mass is 290 g/mol. The highest BCUT2D eigenvalue weighted by Gasteiger charge is 2.42. The number of benzene rings is 1. The number of amides is 4. The molecule has 0 saturated carbocycles. The van der Waals surface area contributed by atoms with Gasteiger partial charge in [0.15, 0.2) is 0 Å². The van der Waals surface area contributed by atoms with Crippen molar-refractivity contribution in [1.82, 2.24) is 9.80 Å². The van der Waals surface area contributed by atoms with Crippen LogP contribution in [0.25, 0.3) is 0 Å². The molecule has 0 unspecified atom stereocenters. The normalized spacial score (nSPS) is 14.5. The maximum Gasteiger partial charge on any atom is 0.334 e. The summed E-state index contributed by atoms with van der Waals surface area (Å²) < 4.78 is 13.2. The van der Waals surface area contributed by atoms with Crippen molar-refractivity contribution in [2.24, 2.45) is 0 Å². The maximum atomic E-state index is 13.2. The smallest absolute Gasteiger partial charge is 0.334 e. The average Bonchev–Trinajstić information content (AvgIpc) is 2.65. The lowest BCUT2D eigenvalue weighted by atomic mass is 10.1. The van der Waals surface area contributed by atoms with Gasteiger partial charge in [-0.2, -0.15) is 0 Å². The SMILES string of the molecule is CN1C(=O)C(=O)N(Cc2ccc(F)cc2C#CCO)C1=O. The molecule has 1 aromatic rings. The quantitative estimate of drug-likeness (QED) is 0.476. The largest absolute Gasteiger partial charge is 0.384 e. The maximum absolute atomic E-state index is 13.2. The van der Waals surface area contributed by atoms with Crippen LogP contribution in [-0.2, 0) is 16.1 Å². The van der Waals surface area contributed by atoms with E-state index < -0.39 is 30.3 Å². The minimum Gasteiger partial charge on any atom is -0.384 e. The summed E-state index contributed by atoms with van der Waals surface area (Å²) in [6, 6.07) is 2.93. The third-order valence-electron chi connectivity index (χ3n) is 2.95. The second-order valence-electron chi connectivity index (χ2n) is 4.30. The Morgan fingerprint density at radius 2 is 1.95 bits per heavy atom. The second-order valence-corrected chi connectivity index (χ2v) is 4.30. The Kier molecular flexibility index (Phi) is 4.00. The Morgan fingerprint density at radius 3 is 2.52 bits per heavy atom. The van der Waals surface area contributed by atoms with Crippen LogP contribution in [0.4, 0.5) is 9.18 Å². The molecule has 0 aliphatic carbocycles. The number of imide groups is 2.